The number of hydrogen-bond acceptors (Lipinski definition) is 4. The number of carbonyl (C=O) groups is 1. The molecule has 2 N–H and O–H groups in total. The third-order valence-electron chi connectivity index (χ3n) is 4.37. The van der Waals surface area contributed by atoms with Gasteiger partial charge in [0.15, 0.2) is 0 Å². The Labute approximate surface area is 119 Å². The summed E-state index contributed by atoms with van der Waals surface area (Å²) in [5.41, 5.74) is 7.23. The van der Waals surface area contributed by atoms with Crippen LogP contribution < -0.4 is 5.73 Å². The summed E-state index contributed by atoms with van der Waals surface area (Å²) in [5, 5.41) is 0. The molecule has 0 radical (unpaired) electrons. The van der Waals surface area contributed by atoms with Crippen molar-refractivity contribution in [3.8, 4) is 0 Å². The molecule has 2 fully saturated rings. The van der Waals surface area contributed by atoms with E-state index in [0.29, 0.717) is 25.4 Å². The molecule has 2 unspecified atom stereocenters. The topological polar surface area (TPSA) is 61.6 Å². The number of ketones is 1. The van der Waals surface area contributed by atoms with Crippen molar-refractivity contribution in [3.63, 3.8) is 0 Å². The summed E-state index contributed by atoms with van der Waals surface area (Å²) in [6.07, 6.45) is 3.04. The number of benzene rings is 1. The summed E-state index contributed by atoms with van der Waals surface area (Å²) < 4.78 is 11.3. The predicted octanol–water partition coefficient (Wildman–Crippen LogP) is 1.97. The fourth-order valence-electron chi connectivity index (χ4n) is 3.15. The first-order valence-corrected chi connectivity index (χ1v) is 7.26. The van der Waals surface area contributed by atoms with Crippen LogP contribution >= 0.6 is 0 Å². The van der Waals surface area contributed by atoms with Crippen molar-refractivity contribution in [2.24, 2.45) is 5.92 Å². The first-order chi connectivity index (χ1) is 9.67. The van der Waals surface area contributed by atoms with Gasteiger partial charge in [0.25, 0.3) is 0 Å². The van der Waals surface area contributed by atoms with E-state index in [1.54, 1.807) is 0 Å². The number of nitrogen functional groups attached to an aromatic ring is 1. The van der Waals surface area contributed by atoms with Crippen LogP contribution in [-0.2, 0) is 20.7 Å². The van der Waals surface area contributed by atoms with E-state index in [9.17, 15) is 4.79 Å². The molecule has 4 heteroatoms. The SMILES string of the molecule is Nc1ccc(CC(=O)C2CCOC3(CCOC3)C2)cc1. The lowest BCUT2D eigenvalue weighted by Gasteiger charge is -2.36. The summed E-state index contributed by atoms with van der Waals surface area (Å²) in [6.45, 7) is 2.05. The number of nitrogens with two attached hydrogens (primary N) is 1. The Hall–Kier alpha value is -1.39. The largest absolute Gasteiger partial charge is 0.399 e. The van der Waals surface area contributed by atoms with E-state index in [1.165, 1.54) is 0 Å². The third kappa shape index (κ3) is 2.86. The van der Waals surface area contributed by atoms with Crippen LogP contribution in [-0.4, -0.2) is 31.2 Å². The van der Waals surface area contributed by atoms with Gasteiger partial charge in [-0.15, -0.1) is 0 Å². The van der Waals surface area contributed by atoms with E-state index < -0.39 is 0 Å². The lowest BCUT2D eigenvalue weighted by Crippen LogP contribution is -2.42. The first kappa shape index (κ1) is 13.6. The molecule has 0 amide bonds. The highest BCUT2D eigenvalue weighted by Crippen LogP contribution is 2.36. The average molecular weight is 275 g/mol. The van der Waals surface area contributed by atoms with Crippen LogP contribution in [0.2, 0.25) is 0 Å². The Balaban J connectivity index is 1.63. The molecule has 4 nitrogen and oxygen atoms in total. The fourth-order valence-corrected chi connectivity index (χ4v) is 3.15. The zero-order valence-corrected chi connectivity index (χ0v) is 11.6. The molecule has 108 valence electrons. The van der Waals surface area contributed by atoms with Gasteiger partial charge in [-0.1, -0.05) is 12.1 Å². The van der Waals surface area contributed by atoms with Crippen molar-refractivity contribution in [1.82, 2.24) is 0 Å². The van der Waals surface area contributed by atoms with Crippen LogP contribution in [0.15, 0.2) is 24.3 Å². The highest BCUT2D eigenvalue weighted by molar-refractivity contribution is 5.83. The van der Waals surface area contributed by atoms with Gasteiger partial charge in [-0.05, 0) is 30.5 Å². The molecule has 0 bridgehead atoms. The lowest BCUT2D eigenvalue weighted by molar-refractivity contribution is -0.136. The van der Waals surface area contributed by atoms with E-state index in [1.807, 2.05) is 24.3 Å². The minimum Gasteiger partial charge on any atom is -0.399 e. The highest BCUT2D eigenvalue weighted by Gasteiger charge is 2.42. The number of anilines is 1. The molecular formula is C16H21NO3. The van der Waals surface area contributed by atoms with Gasteiger partial charge < -0.3 is 15.2 Å². The van der Waals surface area contributed by atoms with E-state index in [2.05, 4.69) is 0 Å². The highest BCUT2D eigenvalue weighted by atomic mass is 16.6. The van der Waals surface area contributed by atoms with Crippen molar-refractivity contribution in [2.75, 3.05) is 25.6 Å². The molecule has 0 aliphatic carbocycles. The molecule has 2 aliphatic heterocycles. The third-order valence-corrected chi connectivity index (χ3v) is 4.37. The Morgan fingerprint density at radius 1 is 1.30 bits per heavy atom. The van der Waals surface area contributed by atoms with Gasteiger partial charge >= 0.3 is 0 Å². The molecule has 2 saturated heterocycles. The number of Topliss-reactive ketones (excluding diaryl/α,β-unsaturated/α-hetero) is 1. The monoisotopic (exact) mass is 275 g/mol. The van der Waals surface area contributed by atoms with Crippen LogP contribution in [0.25, 0.3) is 0 Å². The van der Waals surface area contributed by atoms with Gasteiger partial charge in [0.05, 0.1) is 12.2 Å². The molecule has 2 heterocycles. The smallest absolute Gasteiger partial charge is 0.140 e. The number of carbonyl (C=O) groups excluding carboxylic acids is 1. The molecule has 20 heavy (non-hydrogen) atoms. The van der Waals surface area contributed by atoms with Crippen LogP contribution in [0.1, 0.15) is 24.8 Å². The molecule has 2 aliphatic rings. The van der Waals surface area contributed by atoms with Gasteiger partial charge in [-0.25, -0.2) is 0 Å². The Morgan fingerprint density at radius 3 is 2.80 bits per heavy atom. The van der Waals surface area contributed by atoms with Gasteiger partial charge in [0, 0.05) is 37.7 Å². The Kier molecular flexibility index (Phi) is 3.76. The standard InChI is InChI=1S/C16H21NO3/c17-14-3-1-12(2-4-14)9-15(18)13-5-7-20-16(10-13)6-8-19-11-16/h1-4,13H,5-11,17H2. The predicted molar refractivity (Wildman–Crippen MR) is 76.4 cm³/mol. The summed E-state index contributed by atoms with van der Waals surface area (Å²) in [6, 6.07) is 7.56. The van der Waals surface area contributed by atoms with Crippen molar-refractivity contribution in [1.29, 1.82) is 0 Å². The Morgan fingerprint density at radius 2 is 2.10 bits per heavy atom. The molecule has 0 saturated carbocycles. The van der Waals surface area contributed by atoms with Crippen molar-refractivity contribution >= 4 is 11.5 Å². The maximum Gasteiger partial charge on any atom is 0.140 e. The van der Waals surface area contributed by atoms with Crippen LogP contribution in [0.5, 0.6) is 0 Å². The number of ether oxygens (including phenoxy) is 2. The van der Waals surface area contributed by atoms with Crippen LogP contribution in [0.3, 0.4) is 0 Å². The molecule has 3 rings (SSSR count). The summed E-state index contributed by atoms with van der Waals surface area (Å²) in [5.74, 6) is 0.410. The van der Waals surface area contributed by atoms with E-state index >= 15 is 0 Å². The van der Waals surface area contributed by atoms with Crippen molar-refractivity contribution < 1.29 is 14.3 Å². The summed E-state index contributed by atoms with van der Waals surface area (Å²) >= 11 is 0. The quantitative estimate of drug-likeness (QED) is 0.857. The van der Waals surface area contributed by atoms with E-state index in [0.717, 1.165) is 37.1 Å². The van der Waals surface area contributed by atoms with Crippen LogP contribution in [0, 0.1) is 5.92 Å². The second-order valence-corrected chi connectivity index (χ2v) is 5.91. The first-order valence-electron chi connectivity index (χ1n) is 7.26. The molecule has 1 spiro atoms. The van der Waals surface area contributed by atoms with Gasteiger partial charge in [-0.3, -0.25) is 4.79 Å². The minimum absolute atomic E-state index is 0.100. The number of hydrogen-bond donors (Lipinski definition) is 1. The lowest BCUT2D eigenvalue weighted by atomic mass is 9.81. The Bertz CT molecular complexity index is 477. The second kappa shape index (κ2) is 5.54. The normalized spacial score (nSPS) is 29.7. The van der Waals surface area contributed by atoms with Gasteiger partial charge in [0.1, 0.15) is 5.78 Å². The second-order valence-electron chi connectivity index (χ2n) is 5.91. The molecule has 1 aromatic rings. The maximum absolute atomic E-state index is 12.5. The molecule has 1 aromatic carbocycles. The van der Waals surface area contributed by atoms with Gasteiger partial charge in [-0.2, -0.15) is 0 Å². The zero-order valence-electron chi connectivity index (χ0n) is 11.6. The zero-order chi connectivity index (χ0) is 14.0. The molecular weight excluding hydrogens is 254 g/mol. The van der Waals surface area contributed by atoms with E-state index in [-0.39, 0.29) is 11.5 Å². The van der Waals surface area contributed by atoms with Crippen molar-refractivity contribution in [2.45, 2.75) is 31.3 Å². The van der Waals surface area contributed by atoms with Crippen LogP contribution in [0.4, 0.5) is 5.69 Å². The maximum atomic E-state index is 12.5. The molecule has 0 aromatic heterocycles. The summed E-state index contributed by atoms with van der Waals surface area (Å²) in [4.78, 5) is 12.5. The average Bonchev–Trinajstić information content (AvgIpc) is 2.89. The van der Waals surface area contributed by atoms with Crippen molar-refractivity contribution in [3.05, 3.63) is 29.8 Å². The van der Waals surface area contributed by atoms with E-state index in [4.69, 9.17) is 15.2 Å². The summed E-state index contributed by atoms with van der Waals surface area (Å²) in [7, 11) is 0. The molecule has 2 atom stereocenters. The number of rotatable bonds is 3. The minimum atomic E-state index is -0.195. The fraction of sp³-hybridized carbons (Fsp3) is 0.562. The van der Waals surface area contributed by atoms with Gasteiger partial charge in [0.2, 0.25) is 0 Å².